The van der Waals surface area contributed by atoms with E-state index >= 15 is 0 Å². The standard InChI is InChI=1S/C18H20N2O4S/c1-11-5-7-12(8-6-11)19-18(25)20-14-10-16(23-3)15(22-2)9-13(14)17(21)24-4/h5-10H,1-4H3,(H2,19,20,25). The Labute approximate surface area is 152 Å². The molecule has 0 saturated carbocycles. The highest BCUT2D eigenvalue weighted by Gasteiger charge is 2.18. The molecule has 25 heavy (non-hydrogen) atoms. The third-order valence-corrected chi connectivity index (χ3v) is 3.69. The van der Waals surface area contributed by atoms with E-state index in [1.807, 2.05) is 31.2 Å². The second-order valence-corrected chi connectivity index (χ2v) is 5.60. The van der Waals surface area contributed by atoms with Crippen molar-refractivity contribution in [2.45, 2.75) is 6.92 Å². The fourth-order valence-electron chi connectivity index (χ4n) is 2.18. The van der Waals surface area contributed by atoms with E-state index in [1.165, 1.54) is 21.3 Å². The van der Waals surface area contributed by atoms with Crippen LogP contribution in [0.25, 0.3) is 0 Å². The average Bonchev–Trinajstić information content (AvgIpc) is 2.62. The van der Waals surface area contributed by atoms with Crippen LogP contribution >= 0.6 is 12.2 Å². The van der Waals surface area contributed by atoms with Crippen molar-refractivity contribution in [2.24, 2.45) is 0 Å². The van der Waals surface area contributed by atoms with Crippen molar-refractivity contribution in [3.63, 3.8) is 0 Å². The van der Waals surface area contributed by atoms with Gasteiger partial charge in [0.15, 0.2) is 16.6 Å². The zero-order chi connectivity index (χ0) is 18.4. The van der Waals surface area contributed by atoms with Crippen LogP contribution in [0.1, 0.15) is 15.9 Å². The van der Waals surface area contributed by atoms with Gasteiger partial charge in [-0.15, -0.1) is 0 Å². The molecule has 0 saturated heterocycles. The summed E-state index contributed by atoms with van der Waals surface area (Å²) < 4.78 is 15.3. The number of aryl methyl sites for hydroxylation is 1. The minimum atomic E-state index is -0.512. The molecule has 132 valence electrons. The highest BCUT2D eigenvalue weighted by atomic mass is 32.1. The van der Waals surface area contributed by atoms with Crippen LogP contribution in [0.4, 0.5) is 11.4 Å². The lowest BCUT2D eigenvalue weighted by Crippen LogP contribution is -2.21. The lowest BCUT2D eigenvalue weighted by atomic mass is 10.1. The molecule has 0 aliphatic rings. The molecule has 0 bridgehead atoms. The van der Waals surface area contributed by atoms with Gasteiger partial charge in [-0.25, -0.2) is 4.79 Å². The van der Waals surface area contributed by atoms with E-state index in [0.29, 0.717) is 22.3 Å². The number of esters is 1. The Hall–Kier alpha value is -2.80. The lowest BCUT2D eigenvalue weighted by Gasteiger charge is -2.16. The van der Waals surface area contributed by atoms with E-state index in [0.717, 1.165) is 11.3 Å². The van der Waals surface area contributed by atoms with Crippen molar-refractivity contribution in [3.8, 4) is 11.5 Å². The summed E-state index contributed by atoms with van der Waals surface area (Å²) in [5, 5.41) is 6.40. The molecule has 0 radical (unpaired) electrons. The normalized spacial score (nSPS) is 9.92. The summed E-state index contributed by atoms with van der Waals surface area (Å²) in [6.45, 7) is 2.01. The van der Waals surface area contributed by atoms with Crippen LogP contribution < -0.4 is 20.1 Å². The zero-order valence-corrected chi connectivity index (χ0v) is 15.3. The van der Waals surface area contributed by atoms with E-state index in [9.17, 15) is 4.79 Å². The summed E-state index contributed by atoms with van der Waals surface area (Å²) in [5.74, 6) is 0.378. The number of hydrogen-bond donors (Lipinski definition) is 2. The maximum atomic E-state index is 12.1. The first-order valence-electron chi connectivity index (χ1n) is 7.47. The Kier molecular flexibility index (Phi) is 6.19. The molecule has 6 nitrogen and oxygen atoms in total. The van der Waals surface area contributed by atoms with E-state index in [-0.39, 0.29) is 5.56 Å². The highest BCUT2D eigenvalue weighted by Crippen LogP contribution is 2.33. The van der Waals surface area contributed by atoms with Crippen LogP contribution in [-0.4, -0.2) is 32.4 Å². The van der Waals surface area contributed by atoms with E-state index in [2.05, 4.69) is 10.6 Å². The molecule has 0 atom stereocenters. The van der Waals surface area contributed by atoms with Crippen molar-refractivity contribution in [3.05, 3.63) is 47.5 Å². The van der Waals surface area contributed by atoms with Gasteiger partial charge in [-0.2, -0.15) is 0 Å². The largest absolute Gasteiger partial charge is 0.493 e. The number of benzene rings is 2. The minimum Gasteiger partial charge on any atom is -0.493 e. The van der Waals surface area contributed by atoms with Gasteiger partial charge < -0.3 is 24.8 Å². The Bertz CT molecular complexity index is 775. The van der Waals surface area contributed by atoms with Gasteiger partial charge in [-0.05, 0) is 31.3 Å². The molecular weight excluding hydrogens is 340 g/mol. The van der Waals surface area contributed by atoms with Crippen LogP contribution in [0.2, 0.25) is 0 Å². The number of carbonyl (C=O) groups excluding carboxylic acids is 1. The number of anilines is 2. The van der Waals surface area contributed by atoms with Crippen LogP contribution in [0.15, 0.2) is 36.4 Å². The molecule has 0 aliphatic heterocycles. The molecule has 2 N–H and O–H groups in total. The van der Waals surface area contributed by atoms with Gasteiger partial charge in [0.1, 0.15) is 0 Å². The molecule has 2 rings (SSSR count). The predicted octanol–water partition coefficient (Wildman–Crippen LogP) is 3.61. The minimum absolute atomic E-state index is 0.285. The van der Waals surface area contributed by atoms with Gasteiger partial charge in [0.2, 0.25) is 0 Å². The molecular formula is C18H20N2O4S. The first-order valence-corrected chi connectivity index (χ1v) is 7.88. The summed E-state index contributed by atoms with van der Waals surface area (Å²) in [5.41, 5.74) is 2.72. The highest BCUT2D eigenvalue weighted by molar-refractivity contribution is 7.80. The maximum absolute atomic E-state index is 12.1. The van der Waals surface area contributed by atoms with Crippen molar-refractivity contribution >= 4 is 34.7 Å². The molecule has 0 heterocycles. The van der Waals surface area contributed by atoms with Crippen LogP contribution in [0.5, 0.6) is 11.5 Å². The van der Waals surface area contributed by atoms with E-state index in [4.69, 9.17) is 26.4 Å². The Morgan fingerprint density at radius 2 is 1.56 bits per heavy atom. The Morgan fingerprint density at radius 3 is 2.12 bits per heavy atom. The number of nitrogens with one attached hydrogen (secondary N) is 2. The molecule has 0 fully saturated rings. The molecule has 0 aromatic heterocycles. The fourth-order valence-corrected chi connectivity index (χ4v) is 2.41. The molecule has 2 aromatic carbocycles. The van der Waals surface area contributed by atoms with Crippen molar-refractivity contribution in [2.75, 3.05) is 32.0 Å². The quantitative estimate of drug-likeness (QED) is 0.623. The van der Waals surface area contributed by atoms with Crippen LogP contribution in [0.3, 0.4) is 0 Å². The summed E-state index contributed by atoms with van der Waals surface area (Å²) in [6.07, 6.45) is 0. The number of methoxy groups -OCH3 is 3. The Balaban J connectivity index is 2.28. The number of ether oxygens (including phenoxy) is 3. The molecule has 0 spiro atoms. The number of carbonyl (C=O) groups is 1. The summed E-state index contributed by atoms with van der Waals surface area (Å²) in [6, 6.07) is 11.0. The SMILES string of the molecule is COC(=O)c1cc(OC)c(OC)cc1NC(=S)Nc1ccc(C)cc1. The topological polar surface area (TPSA) is 68.8 Å². The first kappa shape index (κ1) is 18.5. The third-order valence-electron chi connectivity index (χ3n) is 3.49. The van der Waals surface area contributed by atoms with Gasteiger partial charge in [0.05, 0.1) is 32.6 Å². The van der Waals surface area contributed by atoms with Gasteiger partial charge in [-0.1, -0.05) is 17.7 Å². The summed E-state index contributed by atoms with van der Waals surface area (Å²) >= 11 is 5.33. The van der Waals surface area contributed by atoms with Gasteiger partial charge >= 0.3 is 5.97 Å². The zero-order valence-electron chi connectivity index (χ0n) is 14.5. The summed E-state index contributed by atoms with van der Waals surface area (Å²) in [7, 11) is 4.32. The first-order chi connectivity index (χ1) is 12.0. The molecule has 2 aromatic rings. The number of hydrogen-bond acceptors (Lipinski definition) is 5. The van der Waals surface area contributed by atoms with Crippen molar-refractivity contribution in [1.29, 1.82) is 0 Å². The molecule has 0 amide bonds. The van der Waals surface area contributed by atoms with Crippen LogP contribution in [-0.2, 0) is 4.74 Å². The Morgan fingerprint density at radius 1 is 0.960 bits per heavy atom. The number of thiocarbonyl (C=S) groups is 1. The van der Waals surface area contributed by atoms with Gasteiger partial charge in [0.25, 0.3) is 0 Å². The van der Waals surface area contributed by atoms with Gasteiger partial charge in [0, 0.05) is 17.8 Å². The van der Waals surface area contributed by atoms with Crippen molar-refractivity contribution < 1.29 is 19.0 Å². The summed E-state index contributed by atoms with van der Waals surface area (Å²) in [4.78, 5) is 12.1. The molecule has 0 aliphatic carbocycles. The molecule has 0 unspecified atom stereocenters. The monoisotopic (exact) mass is 360 g/mol. The third kappa shape index (κ3) is 4.60. The average molecular weight is 360 g/mol. The fraction of sp³-hybridized carbons (Fsp3) is 0.222. The van der Waals surface area contributed by atoms with E-state index < -0.39 is 5.97 Å². The predicted molar refractivity (Wildman–Crippen MR) is 102 cm³/mol. The second-order valence-electron chi connectivity index (χ2n) is 5.19. The lowest BCUT2D eigenvalue weighted by molar-refractivity contribution is 0.0601. The van der Waals surface area contributed by atoms with Crippen molar-refractivity contribution in [1.82, 2.24) is 0 Å². The number of rotatable bonds is 5. The molecule has 7 heteroatoms. The van der Waals surface area contributed by atoms with Crippen LogP contribution in [0, 0.1) is 6.92 Å². The van der Waals surface area contributed by atoms with E-state index in [1.54, 1.807) is 12.1 Å². The maximum Gasteiger partial charge on any atom is 0.340 e. The second kappa shape index (κ2) is 8.34. The van der Waals surface area contributed by atoms with Gasteiger partial charge in [-0.3, -0.25) is 0 Å². The smallest absolute Gasteiger partial charge is 0.340 e.